The quantitative estimate of drug-likeness (QED) is 0.0828. The van der Waals surface area contributed by atoms with E-state index in [2.05, 4.69) is 16.0 Å². The lowest BCUT2D eigenvalue weighted by atomic mass is 10.0. The Morgan fingerprint density at radius 3 is 2.43 bits per heavy atom. The highest BCUT2D eigenvalue weighted by molar-refractivity contribution is 8.00. The number of hydrogen-bond acceptors (Lipinski definition) is 8. The zero-order valence-electron chi connectivity index (χ0n) is 27.9. The van der Waals surface area contributed by atoms with E-state index < -0.39 is 17.8 Å². The normalized spacial score (nSPS) is 12.5. The van der Waals surface area contributed by atoms with Crippen molar-refractivity contribution >= 4 is 80.2 Å². The van der Waals surface area contributed by atoms with Crippen LogP contribution in [-0.4, -0.2) is 53.9 Å². The van der Waals surface area contributed by atoms with Crippen LogP contribution in [0.15, 0.2) is 108 Å². The highest BCUT2D eigenvalue weighted by Crippen LogP contribution is 2.38. The van der Waals surface area contributed by atoms with Gasteiger partial charge < -0.3 is 25.6 Å². The van der Waals surface area contributed by atoms with Crippen LogP contribution in [-0.2, 0) is 32.1 Å². The summed E-state index contributed by atoms with van der Waals surface area (Å²) >= 11 is 2.53. The SMILES string of the molecule is COC(=O)c1c(NC(=O)CSc2cccc(NC(=O)/C(=C\c3cccc4ccccc34)NC(=O)c3ccccc3)c2)sc2c1CCN(C(C)=O)C2. The number of carbonyl (C=O) groups is 5. The monoisotopic (exact) mass is 718 g/mol. The second-order valence-electron chi connectivity index (χ2n) is 11.7. The van der Waals surface area contributed by atoms with Crippen molar-refractivity contribution in [2.45, 2.75) is 24.8 Å². The fourth-order valence-corrected chi connectivity index (χ4v) is 7.75. The number of fused-ring (bicyclic) bond motifs is 2. The minimum absolute atomic E-state index is 0.0273. The summed E-state index contributed by atoms with van der Waals surface area (Å²) in [6.07, 6.45) is 2.15. The Hall–Kier alpha value is -5.72. The van der Waals surface area contributed by atoms with Gasteiger partial charge in [0.05, 0.1) is 25.0 Å². The lowest BCUT2D eigenvalue weighted by Gasteiger charge is -2.25. The van der Waals surface area contributed by atoms with Gasteiger partial charge in [0.25, 0.3) is 11.8 Å². The van der Waals surface area contributed by atoms with E-state index in [9.17, 15) is 24.0 Å². The van der Waals surface area contributed by atoms with E-state index in [1.165, 1.54) is 37.1 Å². The molecule has 0 atom stereocenters. The molecule has 2 heterocycles. The zero-order chi connectivity index (χ0) is 35.9. The summed E-state index contributed by atoms with van der Waals surface area (Å²) in [5.74, 6) is -1.84. The molecule has 4 amide bonds. The Balaban J connectivity index is 1.16. The molecule has 1 aliphatic heterocycles. The molecule has 0 saturated carbocycles. The molecule has 0 aliphatic carbocycles. The summed E-state index contributed by atoms with van der Waals surface area (Å²) < 4.78 is 5.01. The molecule has 5 aromatic rings. The lowest BCUT2D eigenvalue weighted by molar-refractivity contribution is -0.129. The summed E-state index contributed by atoms with van der Waals surface area (Å²) in [6, 6.07) is 29.2. The minimum atomic E-state index is -0.538. The first-order valence-corrected chi connectivity index (χ1v) is 17.9. The molecule has 1 aromatic heterocycles. The molecule has 0 saturated heterocycles. The van der Waals surface area contributed by atoms with Crippen LogP contribution >= 0.6 is 23.1 Å². The largest absolute Gasteiger partial charge is 0.465 e. The van der Waals surface area contributed by atoms with Gasteiger partial charge in [-0.15, -0.1) is 23.1 Å². The molecule has 51 heavy (non-hydrogen) atoms. The third-order valence-corrected chi connectivity index (χ3v) is 10.4. The molecule has 4 aromatic carbocycles. The Bertz CT molecular complexity index is 2170. The van der Waals surface area contributed by atoms with Crippen molar-refractivity contribution < 1.29 is 28.7 Å². The van der Waals surface area contributed by atoms with Gasteiger partial charge in [-0.2, -0.15) is 0 Å². The first-order chi connectivity index (χ1) is 24.7. The summed E-state index contributed by atoms with van der Waals surface area (Å²) in [5.41, 5.74) is 2.83. The molecule has 258 valence electrons. The molecule has 1 aliphatic rings. The summed E-state index contributed by atoms with van der Waals surface area (Å²) in [4.78, 5) is 67.9. The third-order valence-electron chi connectivity index (χ3n) is 8.26. The van der Waals surface area contributed by atoms with Gasteiger partial charge >= 0.3 is 5.97 Å². The Morgan fingerprint density at radius 1 is 0.902 bits per heavy atom. The molecule has 0 spiro atoms. The van der Waals surface area contributed by atoms with Gasteiger partial charge in [0, 0.05) is 34.5 Å². The maximum atomic E-state index is 13.7. The van der Waals surface area contributed by atoms with Crippen molar-refractivity contribution in [3.05, 3.63) is 130 Å². The first kappa shape index (κ1) is 35.1. The molecule has 0 fully saturated rings. The average molecular weight is 719 g/mol. The van der Waals surface area contributed by atoms with Crippen LogP contribution in [0.4, 0.5) is 10.7 Å². The van der Waals surface area contributed by atoms with E-state index in [1.807, 2.05) is 54.6 Å². The van der Waals surface area contributed by atoms with Crippen LogP contribution in [0.3, 0.4) is 0 Å². The third kappa shape index (κ3) is 8.36. The van der Waals surface area contributed by atoms with Crippen LogP contribution in [0.2, 0.25) is 0 Å². The maximum Gasteiger partial charge on any atom is 0.341 e. The van der Waals surface area contributed by atoms with E-state index in [-0.39, 0.29) is 23.3 Å². The molecular weight excluding hydrogens is 685 g/mol. The van der Waals surface area contributed by atoms with Crippen molar-refractivity contribution in [2.24, 2.45) is 0 Å². The fraction of sp³-hybridized carbons (Fsp3) is 0.154. The lowest BCUT2D eigenvalue weighted by Crippen LogP contribution is -2.33. The van der Waals surface area contributed by atoms with Crippen LogP contribution in [0.1, 0.15) is 43.6 Å². The van der Waals surface area contributed by atoms with Gasteiger partial charge in [0.1, 0.15) is 10.7 Å². The van der Waals surface area contributed by atoms with Gasteiger partial charge in [-0.05, 0) is 64.7 Å². The predicted molar refractivity (Wildman–Crippen MR) is 201 cm³/mol. The molecule has 10 nitrogen and oxygen atoms in total. The van der Waals surface area contributed by atoms with E-state index in [4.69, 9.17) is 4.74 Å². The highest BCUT2D eigenvalue weighted by atomic mass is 32.2. The molecule has 3 N–H and O–H groups in total. The van der Waals surface area contributed by atoms with E-state index in [1.54, 1.807) is 53.4 Å². The molecule has 0 radical (unpaired) electrons. The van der Waals surface area contributed by atoms with Crippen molar-refractivity contribution in [3.8, 4) is 0 Å². The molecule has 12 heteroatoms. The number of thioether (sulfide) groups is 1. The summed E-state index contributed by atoms with van der Waals surface area (Å²) in [5, 5.41) is 10.9. The van der Waals surface area contributed by atoms with Crippen molar-refractivity contribution in [1.82, 2.24) is 10.2 Å². The van der Waals surface area contributed by atoms with E-state index >= 15 is 0 Å². The van der Waals surface area contributed by atoms with Gasteiger partial charge in [-0.1, -0.05) is 66.7 Å². The Kier molecular flexibility index (Phi) is 10.9. The van der Waals surface area contributed by atoms with Gasteiger partial charge in [0.15, 0.2) is 0 Å². The maximum absolute atomic E-state index is 13.7. The number of amides is 4. The van der Waals surface area contributed by atoms with Gasteiger partial charge in [-0.25, -0.2) is 4.79 Å². The van der Waals surface area contributed by atoms with Gasteiger partial charge in [0.2, 0.25) is 11.8 Å². The average Bonchev–Trinajstić information content (AvgIpc) is 3.50. The second kappa shape index (κ2) is 15.9. The smallest absolute Gasteiger partial charge is 0.341 e. The first-order valence-electron chi connectivity index (χ1n) is 16.1. The molecular formula is C39H34N4O6S2. The van der Waals surface area contributed by atoms with Gasteiger partial charge in [-0.3, -0.25) is 19.2 Å². The van der Waals surface area contributed by atoms with Crippen LogP contribution in [0.25, 0.3) is 16.8 Å². The number of ether oxygens (including phenoxy) is 1. The van der Waals surface area contributed by atoms with Crippen molar-refractivity contribution in [1.29, 1.82) is 0 Å². The number of benzene rings is 4. The minimum Gasteiger partial charge on any atom is -0.465 e. The van der Waals surface area contributed by atoms with Crippen LogP contribution in [0, 0.1) is 0 Å². The fourth-order valence-electron chi connectivity index (χ4n) is 5.73. The zero-order valence-corrected chi connectivity index (χ0v) is 29.5. The number of rotatable bonds is 10. The number of thiophene rings is 1. The van der Waals surface area contributed by atoms with Crippen LogP contribution < -0.4 is 16.0 Å². The Morgan fingerprint density at radius 2 is 1.65 bits per heavy atom. The number of nitrogens with zero attached hydrogens (tertiary/aromatic N) is 1. The summed E-state index contributed by atoms with van der Waals surface area (Å²) in [7, 11) is 1.30. The molecule has 0 unspecified atom stereocenters. The molecule has 0 bridgehead atoms. The van der Waals surface area contributed by atoms with E-state index in [0.717, 1.165) is 26.8 Å². The number of hydrogen-bond donors (Lipinski definition) is 3. The number of anilines is 2. The topological polar surface area (TPSA) is 134 Å². The van der Waals surface area contributed by atoms with Crippen molar-refractivity contribution in [2.75, 3.05) is 30.0 Å². The summed E-state index contributed by atoms with van der Waals surface area (Å²) in [6.45, 7) is 2.36. The standard InChI is InChI=1S/C39H34N4O6S2/c1-24(44)43-19-18-31-33(22-43)51-38(35(31)39(48)49-2)42-34(45)23-50-29-16-9-15-28(21-29)40-37(47)32(41-36(46)26-11-4-3-5-12-26)20-27-14-8-13-25-10-6-7-17-30(25)27/h3-17,20-21H,18-19,22-23H2,1-2H3,(H,40,47)(H,41,46)(H,42,45)/b32-20+. The number of methoxy groups -OCH3 is 1. The number of esters is 1. The predicted octanol–water partition coefficient (Wildman–Crippen LogP) is 6.73. The van der Waals surface area contributed by atoms with Crippen molar-refractivity contribution in [3.63, 3.8) is 0 Å². The molecule has 6 rings (SSSR count). The number of nitrogens with one attached hydrogen (secondary N) is 3. The highest BCUT2D eigenvalue weighted by Gasteiger charge is 2.30. The number of carbonyl (C=O) groups excluding carboxylic acids is 5. The second-order valence-corrected chi connectivity index (χ2v) is 13.8. The van der Waals surface area contributed by atoms with Crippen LogP contribution in [0.5, 0.6) is 0 Å². The Labute approximate surface area is 302 Å². The van der Waals surface area contributed by atoms with E-state index in [0.29, 0.717) is 46.2 Å².